The number of aliphatic hydroxyl groups excluding tert-OH is 1. The first kappa shape index (κ1) is 24.5. The van der Waals surface area contributed by atoms with Gasteiger partial charge in [-0.25, -0.2) is 14.4 Å². The van der Waals surface area contributed by atoms with Gasteiger partial charge in [0.25, 0.3) is 5.88 Å². The summed E-state index contributed by atoms with van der Waals surface area (Å²) in [5, 5.41) is 19.1. The molecule has 8 nitrogen and oxygen atoms in total. The van der Waals surface area contributed by atoms with Crippen LogP contribution in [0.15, 0.2) is 24.5 Å². The van der Waals surface area contributed by atoms with Gasteiger partial charge in [-0.2, -0.15) is 18.3 Å². The molecule has 0 spiro atoms. The minimum Gasteiger partial charge on any atom is -0.472 e. The molecule has 1 aliphatic carbocycles. The molecule has 0 bridgehead atoms. The Bertz CT molecular complexity index is 1230. The van der Waals surface area contributed by atoms with Crippen molar-refractivity contribution in [2.24, 2.45) is 0 Å². The van der Waals surface area contributed by atoms with E-state index in [0.29, 0.717) is 51.3 Å². The molecule has 2 N–H and O–H groups in total. The van der Waals surface area contributed by atoms with Gasteiger partial charge in [0.05, 0.1) is 28.6 Å². The van der Waals surface area contributed by atoms with E-state index in [1.54, 1.807) is 6.20 Å². The van der Waals surface area contributed by atoms with Crippen LogP contribution in [0, 0.1) is 5.82 Å². The summed E-state index contributed by atoms with van der Waals surface area (Å²) in [5.74, 6) is -0.576. The molecule has 2 fully saturated rings. The first-order chi connectivity index (χ1) is 17.2. The Morgan fingerprint density at radius 2 is 1.94 bits per heavy atom. The Morgan fingerprint density at radius 3 is 2.61 bits per heavy atom. The van der Waals surface area contributed by atoms with Gasteiger partial charge in [-0.3, -0.25) is 4.68 Å². The SMILES string of the molecule is CCNc1cc2c(cn1)c(N1CC[C@@H](O)C1)nn2[C@H]1CC[C@@H](Oc2nccc(C(F)(F)F)c2F)CC1. The second-order valence-electron chi connectivity index (χ2n) is 9.30. The molecule has 1 saturated heterocycles. The lowest BCUT2D eigenvalue weighted by Gasteiger charge is -2.29. The largest absolute Gasteiger partial charge is 0.472 e. The number of rotatable bonds is 6. The highest BCUT2D eigenvalue weighted by Gasteiger charge is 2.37. The topological polar surface area (TPSA) is 88.3 Å². The van der Waals surface area contributed by atoms with E-state index in [1.807, 2.05) is 17.7 Å². The van der Waals surface area contributed by atoms with Gasteiger partial charge in [0.2, 0.25) is 0 Å². The van der Waals surface area contributed by atoms with Crippen LogP contribution in [0.3, 0.4) is 0 Å². The number of nitrogens with one attached hydrogen (secondary N) is 1. The fraction of sp³-hybridized carbons (Fsp3) is 0.542. The van der Waals surface area contributed by atoms with Crippen LogP contribution >= 0.6 is 0 Å². The fourth-order valence-corrected chi connectivity index (χ4v) is 5.03. The lowest BCUT2D eigenvalue weighted by molar-refractivity contribution is -0.140. The molecule has 2 aliphatic rings. The molecule has 1 aliphatic heterocycles. The van der Waals surface area contributed by atoms with Crippen molar-refractivity contribution in [3.05, 3.63) is 35.9 Å². The first-order valence-corrected chi connectivity index (χ1v) is 12.2. The van der Waals surface area contributed by atoms with Crippen molar-refractivity contribution in [2.45, 2.75) is 63.5 Å². The highest BCUT2D eigenvalue weighted by molar-refractivity contribution is 5.91. The van der Waals surface area contributed by atoms with Crippen molar-refractivity contribution >= 4 is 22.5 Å². The van der Waals surface area contributed by atoms with Crippen molar-refractivity contribution in [1.29, 1.82) is 0 Å². The number of pyridine rings is 2. The molecule has 194 valence electrons. The quantitative estimate of drug-likeness (QED) is 0.473. The Kier molecular flexibility index (Phi) is 6.62. The van der Waals surface area contributed by atoms with E-state index in [2.05, 4.69) is 20.2 Å². The van der Waals surface area contributed by atoms with Crippen LogP contribution in [0.5, 0.6) is 5.88 Å². The molecule has 0 unspecified atom stereocenters. The van der Waals surface area contributed by atoms with Crippen molar-refractivity contribution in [3.8, 4) is 5.88 Å². The predicted octanol–water partition coefficient (Wildman–Crippen LogP) is 4.55. The van der Waals surface area contributed by atoms with E-state index < -0.39 is 35.6 Å². The summed E-state index contributed by atoms with van der Waals surface area (Å²) in [4.78, 5) is 10.3. The Hall–Kier alpha value is -3.15. The van der Waals surface area contributed by atoms with Gasteiger partial charge in [-0.1, -0.05) is 0 Å². The summed E-state index contributed by atoms with van der Waals surface area (Å²) >= 11 is 0. The van der Waals surface area contributed by atoms with Gasteiger partial charge in [0.1, 0.15) is 11.9 Å². The van der Waals surface area contributed by atoms with E-state index >= 15 is 0 Å². The number of fused-ring (bicyclic) bond motifs is 1. The average Bonchev–Trinajstić information content (AvgIpc) is 3.44. The number of halogens is 4. The summed E-state index contributed by atoms with van der Waals surface area (Å²) in [6.07, 6.45) is 0.0957. The van der Waals surface area contributed by atoms with Crippen LogP contribution in [0.25, 0.3) is 10.9 Å². The maximum absolute atomic E-state index is 14.4. The van der Waals surface area contributed by atoms with Crippen LogP contribution < -0.4 is 15.0 Å². The maximum atomic E-state index is 14.4. The van der Waals surface area contributed by atoms with Crippen LogP contribution in [0.4, 0.5) is 29.2 Å². The predicted molar refractivity (Wildman–Crippen MR) is 126 cm³/mol. The van der Waals surface area contributed by atoms with E-state index in [4.69, 9.17) is 9.84 Å². The number of hydrogen-bond donors (Lipinski definition) is 2. The molecule has 4 heterocycles. The minimum atomic E-state index is -4.81. The lowest BCUT2D eigenvalue weighted by Crippen LogP contribution is -2.27. The average molecular weight is 509 g/mol. The third-order valence-electron chi connectivity index (χ3n) is 6.82. The third kappa shape index (κ3) is 4.78. The van der Waals surface area contributed by atoms with Crippen molar-refractivity contribution < 1.29 is 27.4 Å². The van der Waals surface area contributed by atoms with Crippen LogP contribution in [0.1, 0.15) is 50.6 Å². The van der Waals surface area contributed by atoms with Crippen LogP contribution in [0.2, 0.25) is 0 Å². The molecular formula is C24H28F4N6O2. The van der Waals surface area contributed by atoms with E-state index in [0.717, 1.165) is 35.3 Å². The van der Waals surface area contributed by atoms with Crippen LogP contribution in [-0.2, 0) is 6.18 Å². The van der Waals surface area contributed by atoms with E-state index in [-0.39, 0.29) is 6.04 Å². The normalized spacial score (nSPS) is 22.8. The molecule has 3 aromatic rings. The number of aliphatic hydroxyl groups is 1. The summed E-state index contributed by atoms with van der Waals surface area (Å²) in [5.41, 5.74) is -0.457. The number of anilines is 2. The van der Waals surface area contributed by atoms with Gasteiger partial charge in [-0.15, -0.1) is 0 Å². The third-order valence-corrected chi connectivity index (χ3v) is 6.82. The molecule has 0 aromatic carbocycles. The molecule has 36 heavy (non-hydrogen) atoms. The Balaban J connectivity index is 1.35. The molecule has 1 atom stereocenters. The Labute approximate surface area is 205 Å². The number of ether oxygens (including phenoxy) is 1. The number of alkyl halides is 3. The molecule has 1 saturated carbocycles. The highest BCUT2D eigenvalue weighted by Crippen LogP contribution is 2.38. The summed E-state index contributed by atoms with van der Waals surface area (Å²) in [7, 11) is 0. The summed E-state index contributed by atoms with van der Waals surface area (Å²) in [6, 6.07) is 2.60. The zero-order valence-electron chi connectivity index (χ0n) is 19.8. The zero-order chi connectivity index (χ0) is 25.4. The highest BCUT2D eigenvalue weighted by atomic mass is 19.4. The van der Waals surface area contributed by atoms with Crippen molar-refractivity contribution in [2.75, 3.05) is 29.9 Å². The van der Waals surface area contributed by atoms with Crippen LogP contribution in [-0.4, -0.2) is 56.7 Å². The first-order valence-electron chi connectivity index (χ1n) is 12.2. The fourth-order valence-electron chi connectivity index (χ4n) is 5.03. The molecule has 3 aromatic heterocycles. The molecule has 0 amide bonds. The Morgan fingerprint density at radius 1 is 1.17 bits per heavy atom. The number of β-amino-alcohol motifs (C(OH)–C–C–N with tert-alkyl or cyclic N) is 1. The van der Waals surface area contributed by atoms with Gasteiger partial charge < -0.3 is 20.1 Å². The molecule has 5 rings (SSSR count). The van der Waals surface area contributed by atoms with Gasteiger partial charge >= 0.3 is 6.18 Å². The molecule has 12 heteroatoms. The van der Waals surface area contributed by atoms with E-state index in [1.165, 1.54) is 0 Å². The minimum absolute atomic E-state index is 0.0322. The van der Waals surface area contributed by atoms with Gasteiger partial charge in [-0.05, 0) is 45.1 Å². The summed E-state index contributed by atoms with van der Waals surface area (Å²) < 4.78 is 61.0. The number of aromatic nitrogens is 4. The molecular weight excluding hydrogens is 480 g/mol. The summed E-state index contributed by atoms with van der Waals surface area (Å²) in [6.45, 7) is 3.93. The maximum Gasteiger partial charge on any atom is 0.419 e. The van der Waals surface area contributed by atoms with Gasteiger partial charge in [0.15, 0.2) is 11.6 Å². The van der Waals surface area contributed by atoms with Crippen molar-refractivity contribution in [1.82, 2.24) is 19.7 Å². The number of hydrogen-bond acceptors (Lipinski definition) is 7. The standard InChI is InChI=1S/C24H28F4N6O2/c1-2-29-20-11-19-17(12-31-20)22(33-10-8-15(35)13-33)32-34(19)14-3-5-16(6-4-14)36-23-21(25)18(7-9-30-23)24(26,27)28/h7,9,11-12,14-16,35H,2-6,8,10,13H2,1H3,(H,29,31)/t14-,15-,16+/m1/s1. The van der Waals surface area contributed by atoms with Gasteiger partial charge in [0, 0.05) is 38.1 Å². The second-order valence-corrected chi connectivity index (χ2v) is 9.30. The smallest absolute Gasteiger partial charge is 0.419 e. The van der Waals surface area contributed by atoms with E-state index in [9.17, 15) is 22.7 Å². The number of nitrogens with zero attached hydrogens (tertiary/aromatic N) is 5. The second kappa shape index (κ2) is 9.72. The molecule has 0 radical (unpaired) electrons. The zero-order valence-corrected chi connectivity index (χ0v) is 19.8. The lowest BCUT2D eigenvalue weighted by atomic mass is 9.93. The van der Waals surface area contributed by atoms with Crippen molar-refractivity contribution in [3.63, 3.8) is 0 Å². The monoisotopic (exact) mass is 508 g/mol.